The van der Waals surface area contributed by atoms with Crippen LogP contribution < -0.4 is 4.18 Å². The fourth-order valence-electron chi connectivity index (χ4n) is 2.55. The molecule has 3 rings (SSSR count). The lowest BCUT2D eigenvalue weighted by Crippen LogP contribution is -2.09. The maximum absolute atomic E-state index is 12.5. The topological polar surface area (TPSA) is 52.6 Å². The lowest BCUT2D eigenvalue weighted by molar-refractivity contribution is 0.202. The third-order valence-corrected chi connectivity index (χ3v) is 5.24. The zero-order chi connectivity index (χ0) is 18.4. The van der Waals surface area contributed by atoms with E-state index >= 15 is 0 Å². The van der Waals surface area contributed by atoms with Gasteiger partial charge in [0.2, 0.25) is 0 Å². The predicted molar refractivity (Wildman–Crippen MR) is 102 cm³/mol. The van der Waals surface area contributed by atoms with Crippen molar-refractivity contribution in [3.63, 3.8) is 0 Å². The normalized spacial score (nSPS) is 11.3. The predicted octanol–water partition coefficient (Wildman–Crippen LogP) is 4.31. The summed E-state index contributed by atoms with van der Waals surface area (Å²) in [6.07, 6.45) is 0.768. The molecule has 0 aliphatic rings. The van der Waals surface area contributed by atoms with E-state index in [1.807, 2.05) is 42.5 Å². The van der Waals surface area contributed by atoms with Gasteiger partial charge < -0.3 is 8.92 Å². The van der Waals surface area contributed by atoms with Gasteiger partial charge in [-0.15, -0.1) is 0 Å². The van der Waals surface area contributed by atoms with Gasteiger partial charge in [0.1, 0.15) is 10.6 Å². The molecule has 0 aliphatic carbocycles. The molecule has 0 atom stereocenters. The van der Waals surface area contributed by atoms with Gasteiger partial charge in [-0.1, -0.05) is 54.6 Å². The standard InChI is InChI=1S/C21H20O4S/c1-24-16-15-17-7-11-20(12-8-17)25-26(22,23)21-13-9-19(10-14-21)18-5-3-2-4-6-18/h2-14H,15-16H2,1H3. The Morgan fingerprint density at radius 3 is 2.00 bits per heavy atom. The first-order chi connectivity index (χ1) is 12.6. The molecule has 0 heterocycles. The lowest BCUT2D eigenvalue weighted by atomic mass is 10.1. The highest BCUT2D eigenvalue weighted by atomic mass is 32.2. The summed E-state index contributed by atoms with van der Waals surface area (Å²) in [5.41, 5.74) is 3.04. The summed E-state index contributed by atoms with van der Waals surface area (Å²) < 4.78 is 35.2. The zero-order valence-electron chi connectivity index (χ0n) is 14.5. The van der Waals surface area contributed by atoms with Gasteiger partial charge in [-0.2, -0.15) is 8.42 Å². The van der Waals surface area contributed by atoms with Crippen LogP contribution in [0.5, 0.6) is 5.75 Å². The van der Waals surface area contributed by atoms with Crippen LogP contribution in [0, 0.1) is 0 Å². The first-order valence-electron chi connectivity index (χ1n) is 8.26. The zero-order valence-corrected chi connectivity index (χ0v) is 15.3. The monoisotopic (exact) mass is 368 g/mol. The summed E-state index contributed by atoms with van der Waals surface area (Å²) in [7, 11) is -2.22. The van der Waals surface area contributed by atoms with E-state index in [1.54, 1.807) is 43.5 Å². The van der Waals surface area contributed by atoms with Gasteiger partial charge in [-0.05, 0) is 47.4 Å². The summed E-state index contributed by atoms with van der Waals surface area (Å²) in [4.78, 5) is 0.126. The van der Waals surface area contributed by atoms with Crippen LogP contribution in [0.3, 0.4) is 0 Å². The molecule has 3 aromatic carbocycles. The average molecular weight is 368 g/mol. The number of methoxy groups -OCH3 is 1. The van der Waals surface area contributed by atoms with Crippen LogP contribution in [0.15, 0.2) is 83.8 Å². The van der Waals surface area contributed by atoms with E-state index in [1.165, 1.54) is 0 Å². The van der Waals surface area contributed by atoms with Crippen molar-refractivity contribution in [1.82, 2.24) is 0 Å². The smallest absolute Gasteiger partial charge is 0.339 e. The van der Waals surface area contributed by atoms with Crippen molar-refractivity contribution in [3.8, 4) is 16.9 Å². The minimum Gasteiger partial charge on any atom is -0.384 e. The molecule has 134 valence electrons. The molecular weight excluding hydrogens is 348 g/mol. The third-order valence-electron chi connectivity index (χ3n) is 3.97. The number of ether oxygens (including phenoxy) is 1. The van der Waals surface area contributed by atoms with Crippen molar-refractivity contribution in [3.05, 3.63) is 84.4 Å². The second-order valence-electron chi connectivity index (χ2n) is 5.81. The third kappa shape index (κ3) is 4.50. The van der Waals surface area contributed by atoms with E-state index < -0.39 is 10.1 Å². The second kappa shape index (κ2) is 8.17. The Balaban J connectivity index is 1.73. The highest BCUT2D eigenvalue weighted by Crippen LogP contribution is 2.23. The molecule has 0 fully saturated rings. The van der Waals surface area contributed by atoms with Crippen molar-refractivity contribution in [2.24, 2.45) is 0 Å². The van der Waals surface area contributed by atoms with E-state index in [-0.39, 0.29) is 4.90 Å². The molecule has 0 radical (unpaired) electrons. The van der Waals surface area contributed by atoms with E-state index in [0.717, 1.165) is 23.1 Å². The van der Waals surface area contributed by atoms with Gasteiger partial charge >= 0.3 is 10.1 Å². The van der Waals surface area contributed by atoms with Crippen LogP contribution in [0.1, 0.15) is 5.56 Å². The maximum Gasteiger partial charge on any atom is 0.339 e. The minimum atomic E-state index is -3.87. The van der Waals surface area contributed by atoms with Crippen molar-refractivity contribution in [1.29, 1.82) is 0 Å². The molecule has 0 saturated carbocycles. The Kier molecular flexibility index (Phi) is 5.71. The Labute approximate surface area is 154 Å². The van der Waals surface area contributed by atoms with Gasteiger partial charge in [0.25, 0.3) is 0 Å². The molecule has 0 spiro atoms. The molecular formula is C21H20O4S. The van der Waals surface area contributed by atoms with E-state index in [0.29, 0.717) is 12.4 Å². The van der Waals surface area contributed by atoms with Crippen molar-refractivity contribution in [2.75, 3.05) is 13.7 Å². The molecule has 0 N–H and O–H groups in total. The summed E-state index contributed by atoms with van der Waals surface area (Å²) in [6, 6.07) is 23.4. The quantitative estimate of drug-likeness (QED) is 0.583. The van der Waals surface area contributed by atoms with Gasteiger partial charge in [0, 0.05) is 7.11 Å². The molecule has 3 aromatic rings. The minimum absolute atomic E-state index is 0.126. The molecule has 0 aromatic heterocycles. The highest BCUT2D eigenvalue weighted by Gasteiger charge is 2.16. The number of hydrogen-bond acceptors (Lipinski definition) is 4. The van der Waals surface area contributed by atoms with Crippen LogP contribution >= 0.6 is 0 Å². The van der Waals surface area contributed by atoms with Crippen LogP contribution in [-0.2, 0) is 21.3 Å². The first kappa shape index (κ1) is 18.2. The highest BCUT2D eigenvalue weighted by molar-refractivity contribution is 7.87. The Morgan fingerprint density at radius 2 is 1.38 bits per heavy atom. The summed E-state index contributed by atoms with van der Waals surface area (Å²) in [5, 5.41) is 0. The van der Waals surface area contributed by atoms with E-state index in [4.69, 9.17) is 8.92 Å². The summed E-state index contributed by atoms with van der Waals surface area (Å²) in [6.45, 7) is 0.617. The molecule has 5 heteroatoms. The Hall–Kier alpha value is -2.63. The molecule has 0 saturated heterocycles. The van der Waals surface area contributed by atoms with E-state index in [9.17, 15) is 8.42 Å². The van der Waals surface area contributed by atoms with Crippen LogP contribution in [0.2, 0.25) is 0 Å². The molecule has 26 heavy (non-hydrogen) atoms. The Bertz CT molecular complexity index is 932. The molecule has 0 unspecified atom stereocenters. The largest absolute Gasteiger partial charge is 0.384 e. The summed E-state index contributed by atoms with van der Waals surface area (Å²) >= 11 is 0. The molecule has 0 bridgehead atoms. The lowest BCUT2D eigenvalue weighted by Gasteiger charge is -2.09. The van der Waals surface area contributed by atoms with Crippen molar-refractivity contribution < 1.29 is 17.3 Å². The Morgan fingerprint density at radius 1 is 0.769 bits per heavy atom. The van der Waals surface area contributed by atoms with E-state index in [2.05, 4.69) is 0 Å². The van der Waals surface area contributed by atoms with Crippen LogP contribution in [-0.4, -0.2) is 22.1 Å². The summed E-state index contributed by atoms with van der Waals surface area (Å²) in [5.74, 6) is 0.290. The number of hydrogen-bond donors (Lipinski definition) is 0. The number of benzene rings is 3. The second-order valence-corrected chi connectivity index (χ2v) is 7.36. The SMILES string of the molecule is COCCc1ccc(OS(=O)(=O)c2ccc(-c3ccccc3)cc2)cc1. The molecule has 0 aliphatic heterocycles. The maximum atomic E-state index is 12.5. The number of rotatable bonds is 7. The van der Waals surface area contributed by atoms with Gasteiger partial charge in [0.05, 0.1) is 6.61 Å². The first-order valence-corrected chi connectivity index (χ1v) is 9.67. The van der Waals surface area contributed by atoms with Crippen molar-refractivity contribution in [2.45, 2.75) is 11.3 Å². The van der Waals surface area contributed by atoms with Gasteiger partial charge in [0.15, 0.2) is 0 Å². The average Bonchev–Trinajstić information content (AvgIpc) is 2.68. The fourth-order valence-corrected chi connectivity index (χ4v) is 3.48. The van der Waals surface area contributed by atoms with Crippen molar-refractivity contribution >= 4 is 10.1 Å². The van der Waals surface area contributed by atoms with Crippen LogP contribution in [0.25, 0.3) is 11.1 Å². The van der Waals surface area contributed by atoms with Gasteiger partial charge in [-0.25, -0.2) is 0 Å². The van der Waals surface area contributed by atoms with Gasteiger partial charge in [-0.3, -0.25) is 0 Å². The fraction of sp³-hybridized carbons (Fsp3) is 0.143. The molecule has 0 amide bonds. The van der Waals surface area contributed by atoms with Crippen LogP contribution in [0.4, 0.5) is 0 Å². The molecule has 4 nitrogen and oxygen atoms in total.